The van der Waals surface area contributed by atoms with E-state index in [2.05, 4.69) is 35.7 Å². The van der Waals surface area contributed by atoms with Crippen LogP contribution in [0.25, 0.3) is 22.1 Å². The van der Waals surface area contributed by atoms with E-state index in [-0.39, 0.29) is 17.0 Å². The lowest BCUT2D eigenvalue weighted by Gasteiger charge is -2.23. The monoisotopic (exact) mass is 498 g/mol. The summed E-state index contributed by atoms with van der Waals surface area (Å²) in [5, 5.41) is 2.59. The molecule has 0 saturated heterocycles. The Balaban J connectivity index is 1.71. The predicted octanol–water partition coefficient (Wildman–Crippen LogP) is 4.66. The highest BCUT2D eigenvalue weighted by atomic mass is 19.4. The Morgan fingerprint density at radius 1 is 1.08 bits per heavy atom. The van der Waals surface area contributed by atoms with Gasteiger partial charge in [-0.1, -0.05) is 13.0 Å². The zero-order chi connectivity index (χ0) is 25.4. The molecular weight excluding hydrogens is 480 g/mol. The molecule has 0 fully saturated rings. The molecule has 1 unspecified atom stereocenters. The number of aromatic amines is 1. The van der Waals surface area contributed by atoms with Crippen molar-refractivity contribution in [3.63, 3.8) is 0 Å². The number of hydrogen-bond acceptors (Lipinski definition) is 7. The Morgan fingerprint density at radius 3 is 2.58 bits per heavy atom. The molecule has 3 aromatic heterocycles. The van der Waals surface area contributed by atoms with E-state index in [0.717, 1.165) is 22.9 Å². The van der Waals surface area contributed by atoms with Gasteiger partial charge in [0.05, 0.1) is 34.5 Å². The third-order valence-electron chi connectivity index (χ3n) is 5.57. The molecule has 5 rings (SSSR count). The number of nitrogens with zero attached hydrogens (tertiary/aromatic N) is 5. The SMILES string of the molecule is CCC(Nc1ncnc2nc[nH]c12)c1nc2cccc(C(F)(F)F)c2c(=O)n1Nc1ccc(F)cc1. The Kier molecular flexibility index (Phi) is 5.74. The normalized spacial score (nSPS) is 12.7. The minimum Gasteiger partial charge on any atom is -0.358 e. The van der Waals surface area contributed by atoms with Gasteiger partial charge in [-0.2, -0.15) is 13.2 Å². The molecule has 0 amide bonds. The fourth-order valence-corrected chi connectivity index (χ4v) is 3.87. The van der Waals surface area contributed by atoms with Gasteiger partial charge in [-0.25, -0.2) is 29.0 Å². The summed E-state index contributed by atoms with van der Waals surface area (Å²) in [5.74, 6) is -0.0365. The molecule has 2 aromatic carbocycles. The number of halogens is 4. The van der Waals surface area contributed by atoms with Gasteiger partial charge in [-0.05, 0) is 42.8 Å². The average Bonchev–Trinajstić information content (AvgIpc) is 3.34. The summed E-state index contributed by atoms with van der Waals surface area (Å²) in [6.45, 7) is 1.81. The van der Waals surface area contributed by atoms with Crippen LogP contribution in [0.5, 0.6) is 0 Å². The standard InChI is InChI=1S/C23H18F4N8O/c1-2-15(32-20-18-19(29-10-28-18)30-11-31-20)21-33-16-5-3-4-14(23(25,26)27)17(16)22(36)35(21)34-13-8-6-12(24)7-9-13/h3-11,15,34H,2H2,1H3,(H2,28,29,30,31,32). The highest BCUT2D eigenvalue weighted by Crippen LogP contribution is 2.33. The second kappa shape index (κ2) is 8.91. The van der Waals surface area contributed by atoms with Crippen LogP contribution in [-0.4, -0.2) is 29.6 Å². The first kappa shape index (κ1) is 23.2. The van der Waals surface area contributed by atoms with Gasteiger partial charge >= 0.3 is 6.18 Å². The van der Waals surface area contributed by atoms with Crippen LogP contribution >= 0.6 is 0 Å². The second-order valence-electron chi connectivity index (χ2n) is 7.86. The molecule has 9 nitrogen and oxygen atoms in total. The number of imidazole rings is 1. The Labute approximate surface area is 200 Å². The molecule has 184 valence electrons. The minimum atomic E-state index is -4.77. The lowest BCUT2D eigenvalue weighted by Crippen LogP contribution is -2.34. The van der Waals surface area contributed by atoms with Gasteiger partial charge in [-0.15, -0.1) is 0 Å². The van der Waals surface area contributed by atoms with Crippen molar-refractivity contribution in [2.24, 2.45) is 0 Å². The Hall–Kier alpha value is -4.55. The molecule has 0 bridgehead atoms. The highest BCUT2D eigenvalue weighted by Gasteiger charge is 2.35. The van der Waals surface area contributed by atoms with E-state index in [4.69, 9.17) is 0 Å². The van der Waals surface area contributed by atoms with E-state index in [9.17, 15) is 22.4 Å². The molecule has 0 aliphatic rings. The summed E-state index contributed by atoms with van der Waals surface area (Å²) in [7, 11) is 0. The van der Waals surface area contributed by atoms with Gasteiger partial charge in [0.2, 0.25) is 0 Å². The van der Waals surface area contributed by atoms with Crippen LogP contribution in [0.1, 0.15) is 30.8 Å². The number of rotatable bonds is 6. The van der Waals surface area contributed by atoms with Crippen LogP contribution in [0, 0.1) is 5.82 Å². The zero-order valence-electron chi connectivity index (χ0n) is 18.6. The summed E-state index contributed by atoms with van der Waals surface area (Å²) < 4.78 is 55.7. The van der Waals surface area contributed by atoms with Gasteiger partial charge in [0.1, 0.15) is 17.7 Å². The molecular formula is C23H18F4N8O. The van der Waals surface area contributed by atoms with Crippen molar-refractivity contribution in [2.75, 3.05) is 10.7 Å². The maximum absolute atomic E-state index is 13.8. The molecule has 3 heterocycles. The predicted molar refractivity (Wildman–Crippen MR) is 125 cm³/mol. The molecule has 0 radical (unpaired) electrons. The average molecular weight is 498 g/mol. The molecule has 5 aromatic rings. The fourth-order valence-electron chi connectivity index (χ4n) is 3.87. The number of alkyl halides is 3. The lowest BCUT2D eigenvalue weighted by atomic mass is 10.1. The van der Waals surface area contributed by atoms with Crippen LogP contribution in [0.3, 0.4) is 0 Å². The third kappa shape index (κ3) is 4.19. The van der Waals surface area contributed by atoms with E-state index < -0.39 is 34.5 Å². The molecule has 0 aliphatic carbocycles. The first-order valence-electron chi connectivity index (χ1n) is 10.8. The van der Waals surface area contributed by atoms with Crippen molar-refractivity contribution >= 4 is 33.6 Å². The van der Waals surface area contributed by atoms with Gasteiger partial charge in [0, 0.05) is 0 Å². The first-order chi connectivity index (χ1) is 17.3. The lowest BCUT2D eigenvalue weighted by molar-refractivity contribution is -0.136. The smallest absolute Gasteiger partial charge is 0.358 e. The van der Waals surface area contributed by atoms with Gasteiger partial charge in [0.25, 0.3) is 5.56 Å². The maximum atomic E-state index is 13.8. The molecule has 0 aliphatic heterocycles. The van der Waals surface area contributed by atoms with Crippen molar-refractivity contribution in [3.8, 4) is 0 Å². The second-order valence-corrected chi connectivity index (χ2v) is 7.86. The van der Waals surface area contributed by atoms with Crippen LogP contribution in [0.15, 0.2) is 59.9 Å². The van der Waals surface area contributed by atoms with Crippen LogP contribution in [0.2, 0.25) is 0 Å². The summed E-state index contributed by atoms with van der Waals surface area (Å²) in [4.78, 5) is 33.3. The van der Waals surface area contributed by atoms with E-state index in [0.29, 0.717) is 23.4 Å². The topological polar surface area (TPSA) is 113 Å². The molecule has 0 spiro atoms. The van der Waals surface area contributed by atoms with Gasteiger partial charge in [-0.3, -0.25) is 10.2 Å². The summed E-state index contributed by atoms with van der Waals surface area (Å²) in [5.41, 5.74) is 1.81. The molecule has 3 N–H and O–H groups in total. The van der Waals surface area contributed by atoms with Gasteiger partial charge < -0.3 is 10.3 Å². The largest absolute Gasteiger partial charge is 0.417 e. The fraction of sp³-hybridized carbons (Fsp3) is 0.174. The number of hydrogen-bond donors (Lipinski definition) is 3. The third-order valence-corrected chi connectivity index (χ3v) is 5.57. The highest BCUT2D eigenvalue weighted by molar-refractivity contribution is 5.83. The quantitative estimate of drug-likeness (QED) is 0.292. The van der Waals surface area contributed by atoms with Gasteiger partial charge in [0.15, 0.2) is 17.3 Å². The summed E-state index contributed by atoms with van der Waals surface area (Å²) in [6, 6.07) is 7.75. The van der Waals surface area contributed by atoms with Crippen molar-refractivity contribution in [3.05, 3.63) is 82.7 Å². The van der Waals surface area contributed by atoms with Crippen LogP contribution in [-0.2, 0) is 6.18 Å². The number of anilines is 2. The van der Waals surface area contributed by atoms with Crippen LogP contribution in [0.4, 0.5) is 29.1 Å². The van der Waals surface area contributed by atoms with E-state index in [1.54, 1.807) is 0 Å². The number of benzene rings is 2. The molecule has 1 atom stereocenters. The maximum Gasteiger partial charge on any atom is 0.417 e. The molecule has 0 saturated carbocycles. The van der Waals surface area contributed by atoms with Crippen molar-refractivity contribution in [2.45, 2.75) is 25.6 Å². The van der Waals surface area contributed by atoms with E-state index >= 15 is 0 Å². The van der Waals surface area contributed by atoms with Crippen LogP contribution < -0.4 is 16.3 Å². The first-order valence-corrected chi connectivity index (χ1v) is 10.8. The number of H-pyrrole nitrogens is 1. The summed E-state index contributed by atoms with van der Waals surface area (Å²) in [6.07, 6.45) is -1.64. The number of aromatic nitrogens is 6. The van der Waals surface area contributed by atoms with Crippen molar-refractivity contribution in [1.29, 1.82) is 0 Å². The molecule has 13 heteroatoms. The number of nitrogens with one attached hydrogen (secondary N) is 3. The zero-order valence-corrected chi connectivity index (χ0v) is 18.6. The summed E-state index contributed by atoms with van der Waals surface area (Å²) >= 11 is 0. The minimum absolute atomic E-state index is 0.102. The van der Waals surface area contributed by atoms with Crippen molar-refractivity contribution < 1.29 is 17.6 Å². The Bertz CT molecular complexity index is 1610. The molecule has 36 heavy (non-hydrogen) atoms. The Morgan fingerprint density at radius 2 is 1.86 bits per heavy atom. The van der Waals surface area contributed by atoms with Crippen molar-refractivity contribution in [1.82, 2.24) is 29.6 Å². The van der Waals surface area contributed by atoms with E-state index in [1.165, 1.54) is 36.9 Å². The number of fused-ring (bicyclic) bond motifs is 2. The van der Waals surface area contributed by atoms with E-state index in [1.807, 2.05) is 6.92 Å².